The number of rotatable bonds is 3. The fourth-order valence-electron chi connectivity index (χ4n) is 3.80. The molecule has 1 aliphatic heterocycles. The molecule has 2 heterocycles. The molecule has 1 aliphatic carbocycles. The predicted molar refractivity (Wildman–Crippen MR) is 96.6 cm³/mol. The van der Waals surface area contributed by atoms with Crippen LogP contribution in [0.4, 0.5) is 0 Å². The molecule has 0 saturated carbocycles. The first kappa shape index (κ1) is 15.5. The van der Waals surface area contributed by atoms with Crippen molar-refractivity contribution in [3.05, 3.63) is 54.4 Å². The van der Waals surface area contributed by atoms with Gasteiger partial charge in [-0.3, -0.25) is 9.36 Å². The number of carbonyl (C=O) groups excluding carboxylic acids is 1. The molecule has 1 aromatic carbocycles. The van der Waals surface area contributed by atoms with Crippen LogP contribution in [-0.4, -0.2) is 39.7 Å². The van der Waals surface area contributed by atoms with Gasteiger partial charge in [0.25, 0.3) is 5.91 Å². The third-order valence-corrected chi connectivity index (χ3v) is 5.71. The Morgan fingerprint density at radius 3 is 2.42 bits per heavy atom. The van der Waals surface area contributed by atoms with Gasteiger partial charge in [0.05, 0.1) is 6.20 Å². The van der Waals surface area contributed by atoms with Crippen molar-refractivity contribution in [3.63, 3.8) is 0 Å². The molecule has 1 amide bonds. The molecule has 2 atom stereocenters. The number of likely N-dealkylation sites (tertiary alicyclic amines) is 1. The minimum atomic E-state index is 0.0982. The molecule has 24 heavy (non-hydrogen) atoms. The monoisotopic (exact) mass is 339 g/mol. The van der Waals surface area contributed by atoms with Gasteiger partial charge in [-0.15, -0.1) is 0 Å². The van der Waals surface area contributed by atoms with E-state index in [1.165, 1.54) is 0 Å². The number of imidazole rings is 1. The molecule has 2 aliphatic rings. The maximum atomic E-state index is 13.1. The minimum absolute atomic E-state index is 0.0982. The van der Waals surface area contributed by atoms with E-state index in [1.807, 2.05) is 46.1 Å². The van der Waals surface area contributed by atoms with Crippen molar-refractivity contribution in [2.45, 2.75) is 18.0 Å². The molecular formula is C19H21N3OS. The molecule has 0 unspecified atom stereocenters. The number of benzene rings is 1. The van der Waals surface area contributed by atoms with Crippen LogP contribution in [0.5, 0.6) is 0 Å². The predicted octanol–water partition coefficient (Wildman–Crippen LogP) is 3.63. The van der Waals surface area contributed by atoms with Gasteiger partial charge in [-0.05, 0) is 43.1 Å². The first-order valence-corrected chi connectivity index (χ1v) is 9.62. The maximum Gasteiger partial charge on any atom is 0.272 e. The third-order valence-electron chi connectivity index (χ3n) is 5.05. The number of hydrogen-bond donors (Lipinski definition) is 0. The van der Waals surface area contributed by atoms with Crippen molar-refractivity contribution < 1.29 is 4.79 Å². The number of thioether (sulfide) groups is 1. The fourth-order valence-corrected chi connectivity index (χ4v) is 4.34. The van der Waals surface area contributed by atoms with Crippen LogP contribution in [0, 0.1) is 11.8 Å². The van der Waals surface area contributed by atoms with Crippen molar-refractivity contribution >= 4 is 17.7 Å². The highest BCUT2D eigenvalue weighted by Gasteiger charge is 2.36. The lowest BCUT2D eigenvalue weighted by molar-refractivity contribution is 0.0775. The molecule has 0 radical (unpaired) electrons. The second kappa shape index (κ2) is 6.48. The third kappa shape index (κ3) is 2.67. The van der Waals surface area contributed by atoms with Crippen molar-refractivity contribution in [2.24, 2.45) is 11.8 Å². The van der Waals surface area contributed by atoms with Crippen LogP contribution in [0.1, 0.15) is 23.3 Å². The molecule has 0 bridgehead atoms. The first-order valence-electron chi connectivity index (χ1n) is 8.39. The summed E-state index contributed by atoms with van der Waals surface area (Å²) < 4.78 is 1.98. The molecular weight excluding hydrogens is 318 g/mol. The van der Waals surface area contributed by atoms with E-state index in [4.69, 9.17) is 0 Å². The van der Waals surface area contributed by atoms with Crippen LogP contribution in [0.3, 0.4) is 0 Å². The summed E-state index contributed by atoms with van der Waals surface area (Å²) in [6.07, 6.45) is 10.4. The van der Waals surface area contributed by atoms with Crippen LogP contribution >= 0.6 is 11.8 Å². The number of nitrogens with zero attached hydrogens (tertiary/aromatic N) is 3. The van der Waals surface area contributed by atoms with Crippen LogP contribution in [0.15, 0.2) is 53.8 Å². The summed E-state index contributed by atoms with van der Waals surface area (Å²) in [6, 6.07) is 10.0. The summed E-state index contributed by atoms with van der Waals surface area (Å²) in [4.78, 5) is 19.6. The number of para-hydroxylation sites is 1. The second-order valence-corrected chi connectivity index (χ2v) is 7.25. The van der Waals surface area contributed by atoms with E-state index in [1.54, 1.807) is 18.0 Å². The summed E-state index contributed by atoms with van der Waals surface area (Å²) in [6.45, 7) is 1.73. The van der Waals surface area contributed by atoms with E-state index in [-0.39, 0.29) is 5.91 Å². The Balaban J connectivity index is 1.65. The second-order valence-electron chi connectivity index (χ2n) is 6.47. The molecule has 5 heteroatoms. The van der Waals surface area contributed by atoms with Crippen LogP contribution < -0.4 is 0 Å². The summed E-state index contributed by atoms with van der Waals surface area (Å²) >= 11 is 1.56. The highest BCUT2D eigenvalue weighted by molar-refractivity contribution is 7.98. The highest BCUT2D eigenvalue weighted by atomic mass is 32.2. The van der Waals surface area contributed by atoms with E-state index in [2.05, 4.69) is 17.1 Å². The van der Waals surface area contributed by atoms with Crippen molar-refractivity contribution in [3.8, 4) is 5.69 Å². The zero-order chi connectivity index (χ0) is 16.5. The average molecular weight is 339 g/mol. The molecule has 4 rings (SSSR count). The molecule has 1 fully saturated rings. The molecule has 4 nitrogen and oxygen atoms in total. The molecule has 0 spiro atoms. The van der Waals surface area contributed by atoms with Crippen molar-refractivity contribution in [2.75, 3.05) is 19.3 Å². The first-order chi connectivity index (χ1) is 11.8. The van der Waals surface area contributed by atoms with Crippen LogP contribution in [0.2, 0.25) is 0 Å². The molecule has 2 aromatic rings. The number of hydrogen-bond acceptors (Lipinski definition) is 3. The minimum Gasteiger partial charge on any atom is -0.337 e. The Labute approximate surface area is 146 Å². The Hall–Kier alpha value is -2.01. The highest BCUT2D eigenvalue weighted by Crippen LogP contribution is 2.34. The fraction of sp³-hybridized carbons (Fsp3) is 0.368. The molecule has 0 N–H and O–H groups in total. The quantitative estimate of drug-likeness (QED) is 0.633. The van der Waals surface area contributed by atoms with Gasteiger partial charge in [0.15, 0.2) is 5.16 Å². The molecule has 1 saturated heterocycles. The van der Waals surface area contributed by atoms with Gasteiger partial charge in [0.2, 0.25) is 0 Å². The topological polar surface area (TPSA) is 38.1 Å². The Kier molecular flexibility index (Phi) is 4.19. The Bertz CT molecular complexity index is 752. The smallest absolute Gasteiger partial charge is 0.272 e. The van der Waals surface area contributed by atoms with Gasteiger partial charge in [-0.25, -0.2) is 4.98 Å². The largest absolute Gasteiger partial charge is 0.337 e. The lowest BCUT2D eigenvalue weighted by Gasteiger charge is -2.18. The Morgan fingerprint density at radius 1 is 1.12 bits per heavy atom. The molecule has 1 aromatic heterocycles. The van der Waals surface area contributed by atoms with Gasteiger partial charge >= 0.3 is 0 Å². The van der Waals surface area contributed by atoms with Gasteiger partial charge in [0, 0.05) is 18.8 Å². The number of fused-ring (bicyclic) bond motifs is 1. The van der Waals surface area contributed by atoms with Gasteiger partial charge in [0.1, 0.15) is 5.69 Å². The zero-order valence-electron chi connectivity index (χ0n) is 13.8. The van der Waals surface area contributed by atoms with E-state index < -0.39 is 0 Å². The number of amides is 1. The summed E-state index contributed by atoms with van der Waals surface area (Å²) in [5, 5.41) is 0.850. The van der Waals surface area contributed by atoms with E-state index >= 15 is 0 Å². The van der Waals surface area contributed by atoms with Gasteiger partial charge in [-0.2, -0.15) is 0 Å². The Morgan fingerprint density at radius 2 is 1.79 bits per heavy atom. The maximum absolute atomic E-state index is 13.1. The number of allylic oxidation sites excluding steroid dienone is 2. The zero-order valence-corrected chi connectivity index (χ0v) is 14.6. The van der Waals surface area contributed by atoms with Gasteiger partial charge in [-0.1, -0.05) is 42.1 Å². The average Bonchev–Trinajstić information content (AvgIpc) is 3.25. The normalized spacial score (nSPS) is 22.6. The van der Waals surface area contributed by atoms with Crippen molar-refractivity contribution in [1.82, 2.24) is 14.5 Å². The van der Waals surface area contributed by atoms with E-state index in [0.717, 1.165) is 36.8 Å². The van der Waals surface area contributed by atoms with Crippen molar-refractivity contribution in [1.29, 1.82) is 0 Å². The van der Waals surface area contributed by atoms with Gasteiger partial charge < -0.3 is 4.90 Å². The lowest BCUT2D eigenvalue weighted by Crippen LogP contribution is -2.30. The summed E-state index contributed by atoms with van der Waals surface area (Å²) in [5.74, 6) is 1.33. The van der Waals surface area contributed by atoms with E-state index in [9.17, 15) is 4.79 Å². The summed E-state index contributed by atoms with van der Waals surface area (Å²) in [7, 11) is 0. The standard InChI is InChI=1S/C19H21N3OS/c1-24-19-20-11-17(22(19)16-9-3-2-4-10-16)18(23)21-12-14-7-5-6-8-15(14)13-21/h2-6,9-11,14-15H,7-8,12-13H2,1H3/t14-,15+. The molecule has 124 valence electrons. The lowest BCUT2D eigenvalue weighted by atomic mass is 9.86. The SMILES string of the molecule is CSc1ncc(C(=O)N2C[C@H]3CC=CC[C@H]3C2)n1-c1ccccc1. The van der Waals surface area contributed by atoms with Crippen LogP contribution in [0.25, 0.3) is 5.69 Å². The van der Waals surface area contributed by atoms with Crippen LogP contribution in [-0.2, 0) is 0 Å². The number of aromatic nitrogens is 2. The number of carbonyl (C=O) groups is 1. The summed E-state index contributed by atoms with van der Waals surface area (Å²) in [5.41, 5.74) is 1.65. The van der Waals surface area contributed by atoms with E-state index in [0.29, 0.717) is 17.5 Å².